The van der Waals surface area contributed by atoms with E-state index in [1.54, 1.807) is 6.07 Å². The van der Waals surface area contributed by atoms with Crippen LogP contribution in [-0.2, 0) is 11.3 Å². The Kier molecular flexibility index (Phi) is 3.18. The summed E-state index contributed by atoms with van der Waals surface area (Å²) in [5.74, 6) is 0. The molecule has 0 saturated heterocycles. The molecular weight excluding hydrogens is 234 g/mol. The monoisotopic (exact) mass is 249 g/mol. The van der Waals surface area contributed by atoms with Crippen molar-refractivity contribution in [2.45, 2.75) is 32.9 Å². The molecule has 0 radical (unpaired) electrons. The highest BCUT2D eigenvalue weighted by atomic mass is 16.6. The fraction of sp³-hybridized carbons (Fsp3) is 0.417. The third kappa shape index (κ3) is 2.97. The maximum atomic E-state index is 11.5. The Morgan fingerprint density at radius 2 is 2.17 bits per heavy atom. The number of alkyl carbamates (subject to hydrolysis) is 1. The molecule has 6 heteroatoms. The lowest BCUT2D eigenvalue weighted by Gasteiger charge is -2.19. The summed E-state index contributed by atoms with van der Waals surface area (Å²) >= 11 is 0. The molecule has 1 N–H and O–H groups in total. The number of hydrogen-bond acceptors (Lipinski definition) is 5. The Morgan fingerprint density at radius 3 is 2.89 bits per heavy atom. The van der Waals surface area contributed by atoms with Gasteiger partial charge in [-0.15, -0.1) is 0 Å². The van der Waals surface area contributed by atoms with Gasteiger partial charge in [-0.1, -0.05) is 12.1 Å². The van der Waals surface area contributed by atoms with Gasteiger partial charge in [0.1, 0.15) is 16.6 Å². The van der Waals surface area contributed by atoms with E-state index < -0.39 is 11.7 Å². The van der Waals surface area contributed by atoms with Crippen LogP contribution < -0.4 is 5.32 Å². The van der Waals surface area contributed by atoms with Gasteiger partial charge in [-0.3, -0.25) is 0 Å². The number of aromatic nitrogens is 2. The van der Waals surface area contributed by atoms with E-state index in [1.807, 2.05) is 32.9 Å². The Bertz CT molecular complexity index is 557. The summed E-state index contributed by atoms with van der Waals surface area (Å²) in [4.78, 5) is 11.5. The van der Waals surface area contributed by atoms with Gasteiger partial charge in [-0.25, -0.2) is 9.42 Å². The van der Waals surface area contributed by atoms with Crippen molar-refractivity contribution >= 4 is 17.1 Å². The van der Waals surface area contributed by atoms with Crippen molar-refractivity contribution in [3.63, 3.8) is 0 Å². The number of nitrogens with one attached hydrogen (secondary N) is 1. The quantitative estimate of drug-likeness (QED) is 0.883. The van der Waals surface area contributed by atoms with E-state index in [1.165, 1.54) is 0 Å². The Hall–Kier alpha value is -2.11. The number of benzene rings is 1. The van der Waals surface area contributed by atoms with Crippen molar-refractivity contribution < 1.29 is 14.2 Å². The average molecular weight is 249 g/mol. The smallest absolute Gasteiger partial charge is 0.407 e. The number of carbonyl (C=O) groups excluding carboxylic acids is 1. The minimum Gasteiger partial charge on any atom is -0.444 e. The van der Waals surface area contributed by atoms with E-state index in [-0.39, 0.29) is 0 Å². The summed E-state index contributed by atoms with van der Waals surface area (Å²) in [7, 11) is 0. The predicted molar refractivity (Wildman–Crippen MR) is 64.9 cm³/mol. The number of fused-ring (bicyclic) bond motifs is 1. The van der Waals surface area contributed by atoms with E-state index in [9.17, 15) is 4.79 Å². The Balaban J connectivity index is 2.02. The lowest BCUT2D eigenvalue weighted by molar-refractivity contribution is 0.0524. The SMILES string of the molecule is CC(C)(C)OC(=O)NCc1cccc2nonc12. The van der Waals surface area contributed by atoms with Crippen molar-refractivity contribution in [2.75, 3.05) is 0 Å². The molecule has 2 aromatic rings. The first kappa shape index (κ1) is 12.3. The van der Waals surface area contributed by atoms with Gasteiger partial charge in [-0.05, 0) is 37.2 Å². The van der Waals surface area contributed by atoms with E-state index in [4.69, 9.17) is 4.74 Å². The van der Waals surface area contributed by atoms with Crippen molar-refractivity contribution in [3.05, 3.63) is 23.8 Å². The Labute approximate surface area is 104 Å². The molecule has 1 aromatic heterocycles. The molecule has 0 spiro atoms. The highest BCUT2D eigenvalue weighted by Crippen LogP contribution is 2.14. The number of carbonyl (C=O) groups is 1. The van der Waals surface area contributed by atoms with Crippen molar-refractivity contribution in [3.8, 4) is 0 Å². The fourth-order valence-corrected chi connectivity index (χ4v) is 1.49. The van der Waals surface area contributed by atoms with Crippen molar-refractivity contribution in [1.29, 1.82) is 0 Å². The minimum absolute atomic E-state index is 0.320. The lowest BCUT2D eigenvalue weighted by Crippen LogP contribution is -2.32. The summed E-state index contributed by atoms with van der Waals surface area (Å²) in [5, 5.41) is 10.2. The van der Waals surface area contributed by atoms with Gasteiger partial charge in [0.05, 0.1) is 0 Å². The first-order valence-electron chi connectivity index (χ1n) is 5.63. The van der Waals surface area contributed by atoms with Gasteiger partial charge in [0, 0.05) is 12.1 Å². The number of nitrogens with zero attached hydrogens (tertiary/aromatic N) is 2. The molecular formula is C12H15N3O3. The van der Waals surface area contributed by atoms with Gasteiger partial charge in [0.15, 0.2) is 0 Å². The first-order chi connectivity index (χ1) is 8.46. The molecule has 96 valence electrons. The number of hydrogen-bond donors (Lipinski definition) is 1. The van der Waals surface area contributed by atoms with Crippen molar-refractivity contribution in [1.82, 2.24) is 15.6 Å². The van der Waals surface area contributed by atoms with Crippen LogP contribution in [0.25, 0.3) is 11.0 Å². The molecule has 1 heterocycles. The van der Waals surface area contributed by atoms with Crippen LogP contribution in [0.2, 0.25) is 0 Å². The molecule has 0 atom stereocenters. The zero-order valence-corrected chi connectivity index (χ0v) is 10.6. The van der Waals surface area contributed by atoms with E-state index in [0.29, 0.717) is 17.6 Å². The van der Waals surface area contributed by atoms with Gasteiger partial charge < -0.3 is 10.1 Å². The number of amides is 1. The summed E-state index contributed by atoms with van der Waals surface area (Å²) in [6.07, 6.45) is -0.462. The summed E-state index contributed by atoms with van der Waals surface area (Å²) in [6, 6.07) is 5.48. The zero-order chi connectivity index (χ0) is 13.2. The molecule has 0 unspecified atom stereocenters. The largest absolute Gasteiger partial charge is 0.444 e. The summed E-state index contributed by atoms with van der Waals surface area (Å²) in [5.41, 5.74) is 1.64. The van der Waals surface area contributed by atoms with Crippen LogP contribution >= 0.6 is 0 Å². The van der Waals surface area contributed by atoms with Crippen LogP contribution in [0.1, 0.15) is 26.3 Å². The topological polar surface area (TPSA) is 77.2 Å². The molecule has 1 amide bonds. The highest BCUT2D eigenvalue weighted by molar-refractivity contribution is 5.77. The van der Waals surface area contributed by atoms with Gasteiger partial charge in [0.25, 0.3) is 0 Å². The predicted octanol–water partition coefficient (Wildman–Crippen LogP) is 2.25. The molecule has 6 nitrogen and oxygen atoms in total. The molecule has 2 rings (SSSR count). The standard InChI is InChI=1S/C12H15N3O3/c1-12(2,3)17-11(16)13-7-8-5-4-6-9-10(8)15-18-14-9/h4-6H,7H2,1-3H3,(H,13,16). The van der Waals surface area contributed by atoms with Crippen molar-refractivity contribution in [2.24, 2.45) is 0 Å². The molecule has 0 saturated carbocycles. The number of rotatable bonds is 2. The molecule has 0 bridgehead atoms. The first-order valence-corrected chi connectivity index (χ1v) is 5.63. The van der Waals surface area contributed by atoms with Gasteiger partial charge >= 0.3 is 6.09 Å². The molecule has 0 aliphatic carbocycles. The molecule has 1 aromatic carbocycles. The molecule has 0 fully saturated rings. The second-order valence-corrected chi connectivity index (χ2v) is 4.90. The second kappa shape index (κ2) is 4.64. The molecule has 0 aliphatic rings. The molecule has 18 heavy (non-hydrogen) atoms. The van der Waals surface area contributed by atoms with E-state index in [2.05, 4.69) is 20.3 Å². The van der Waals surface area contributed by atoms with Crippen LogP contribution in [0, 0.1) is 0 Å². The van der Waals surface area contributed by atoms with Crippen LogP contribution in [0.3, 0.4) is 0 Å². The van der Waals surface area contributed by atoms with Gasteiger partial charge in [-0.2, -0.15) is 0 Å². The fourth-order valence-electron chi connectivity index (χ4n) is 1.49. The third-order valence-corrected chi connectivity index (χ3v) is 2.19. The summed E-state index contributed by atoms with van der Waals surface area (Å²) < 4.78 is 9.79. The normalized spacial score (nSPS) is 11.5. The van der Waals surface area contributed by atoms with E-state index in [0.717, 1.165) is 5.56 Å². The average Bonchev–Trinajstić information content (AvgIpc) is 2.72. The Morgan fingerprint density at radius 1 is 1.39 bits per heavy atom. The minimum atomic E-state index is -0.508. The maximum absolute atomic E-state index is 11.5. The van der Waals surface area contributed by atoms with Crippen LogP contribution in [-0.4, -0.2) is 22.0 Å². The summed E-state index contributed by atoms with van der Waals surface area (Å²) in [6.45, 7) is 5.76. The highest BCUT2D eigenvalue weighted by Gasteiger charge is 2.16. The van der Waals surface area contributed by atoms with E-state index >= 15 is 0 Å². The molecule has 0 aliphatic heterocycles. The third-order valence-electron chi connectivity index (χ3n) is 2.19. The lowest BCUT2D eigenvalue weighted by atomic mass is 10.2. The van der Waals surface area contributed by atoms with Crippen LogP contribution in [0.5, 0.6) is 0 Å². The van der Waals surface area contributed by atoms with Crippen LogP contribution in [0.4, 0.5) is 4.79 Å². The number of ether oxygens (including phenoxy) is 1. The second-order valence-electron chi connectivity index (χ2n) is 4.90. The zero-order valence-electron chi connectivity index (χ0n) is 10.6. The van der Waals surface area contributed by atoms with Crippen LogP contribution in [0.15, 0.2) is 22.8 Å². The maximum Gasteiger partial charge on any atom is 0.407 e. The van der Waals surface area contributed by atoms with Gasteiger partial charge in [0.2, 0.25) is 0 Å².